The Morgan fingerprint density at radius 1 is 0.929 bits per heavy atom. The first-order chi connectivity index (χ1) is 13.6. The predicted molar refractivity (Wildman–Crippen MR) is 113 cm³/mol. The van der Waals surface area contributed by atoms with E-state index in [2.05, 4.69) is 10.6 Å². The molecule has 3 aromatic rings. The molecule has 0 spiro atoms. The summed E-state index contributed by atoms with van der Waals surface area (Å²) in [6.07, 6.45) is 0.277. The number of halogens is 1. The maximum absolute atomic E-state index is 12.0. The first-order valence-electron chi connectivity index (χ1n) is 8.82. The molecule has 6 heteroatoms. The Hall–Kier alpha value is -3.18. The molecule has 0 fully saturated rings. The number of methoxy groups -OCH3 is 1. The van der Waals surface area contributed by atoms with Crippen LogP contribution in [0.1, 0.15) is 6.42 Å². The molecule has 0 aliphatic heterocycles. The Kier molecular flexibility index (Phi) is 6.76. The number of carbonyl (C=O) groups is 1. The maximum Gasteiger partial charge on any atom is 0.227 e. The molecule has 0 atom stereocenters. The van der Waals surface area contributed by atoms with Gasteiger partial charge < -0.3 is 20.1 Å². The van der Waals surface area contributed by atoms with Crippen molar-refractivity contribution in [3.63, 3.8) is 0 Å². The summed E-state index contributed by atoms with van der Waals surface area (Å²) < 4.78 is 10.7. The van der Waals surface area contributed by atoms with Gasteiger partial charge in [0.25, 0.3) is 0 Å². The number of anilines is 3. The van der Waals surface area contributed by atoms with E-state index in [1.54, 1.807) is 19.2 Å². The van der Waals surface area contributed by atoms with Crippen LogP contribution in [0.3, 0.4) is 0 Å². The van der Waals surface area contributed by atoms with Crippen LogP contribution in [0, 0.1) is 0 Å². The van der Waals surface area contributed by atoms with Crippen LogP contribution in [0.15, 0.2) is 72.8 Å². The molecule has 28 heavy (non-hydrogen) atoms. The van der Waals surface area contributed by atoms with E-state index in [1.807, 2.05) is 60.7 Å². The van der Waals surface area contributed by atoms with Crippen molar-refractivity contribution in [2.75, 3.05) is 24.4 Å². The molecular formula is C22H21ClN2O3. The van der Waals surface area contributed by atoms with Crippen LogP contribution in [-0.2, 0) is 4.79 Å². The average Bonchev–Trinajstić information content (AvgIpc) is 2.70. The number of para-hydroxylation sites is 1. The number of ether oxygens (including phenoxy) is 2. The monoisotopic (exact) mass is 396 g/mol. The SMILES string of the molecule is COc1ccc(Nc2ccc(NC(=O)CCOc3ccccc3)cc2)cc1Cl. The lowest BCUT2D eigenvalue weighted by atomic mass is 10.2. The quantitative estimate of drug-likeness (QED) is 0.527. The zero-order chi connectivity index (χ0) is 19.8. The minimum atomic E-state index is -0.0985. The highest BCUT2D eigenvalue weighted by molar-refractivity contribution is 6.32. The molecule has 0 aromatic heterocycles. The lowest BCUT2D eigenvalue weighted by molar-refractivity contribution is -0.116. The number of rotatable bonds is 8. The fourth-order valence-corrected chi connectivity index (χ4v) is 2.81. The van der Waals surface area contributed by atoms with E-state index in [-0.39, 0.29) is 12.3 Å². The Morgan fingerprint density at radius 3 is 2.29 bits per heavy atom. The highest BCUT2D eigenvalue weighted by Gasteiger charge is 2.05. The van der Waals surface area contributed by atoms with Crippen LogP contribution in [0.2, 0.25) is 5.02 Å². The first kappa shape index (κ1) is 19.6. The molecule has 0 heterocycles. The molecule has 0 bridgehead atoms. The summed E-state index contributed by atoms with van der Waals surface area (Å²) in [5, 5.41) is 6.65. The number of carbonyl (C=O) groups excluding carboxylic acids is 1. The van der Waals surface area contributed by atoms with Crippen LogP contribution in [0.25, 0.3) is 0 Å². The van der Waals surface area contributed by atoms with E-state index < -0.39 is 0 Å². The van der Waals surface area contributed by atoms with E-state index in [0.29, 0.717) is 17.4 Å². The standard InChI is InChI=1S/C22H21ClN2O3/c1-27-21-12-11-18(15-20(21)23)24-16-7-9-17(10-8-16)25-22(26)13-14-28-19-5-3-2-4-6-19/h2-12,15,24H,13-14H2,1H3,(H,25,26). The zero-order valence-electron chi connectivity index (χ0n) is 15.4. The molecule has 0 aliphatic rings. The van der Waals surface area contributed by atoms with Gasteiger partial charge in [-0.25, -0.2) is 0 Å². The van der Waals surface area contributed by atoms with E-state index in [4.69, 9.17) is 21.1 Å². The van der Waals surface area contributed by atoms with Gasteiger partial charge in [-0.2, -0.15) is 0 Å². The number of amides is 1. The van der Waals surface area contributed by atoms with Crippen molar-refractivity contribution in [1.82, 2.24) is 0 Å². The fourth-order valence-electron chi connectivity index (χ4n) is 2.55. The van der Waals surface area contributed by atoms with Crippen molar-refractivity contribution < 1.29 is 14.3 Å². The Labute approximate surface area is 169 Å². The highest BCUT2D eigenvalue weighted by Crippen LogP contribution is 2.29. The minimum absolute atomic E-state index is 0.0985. The highest BCUT2D eigenvalue weighted by atomic mass is 35.5. The third-order valence-electron chi connectivity index (χ3n) is 3.95. The molecule has 3 rings (SSSR count). The van der Waals surface area contributed by atoms with Gasteiger partial charge in [0.05, 0.1) is 25.2 Å². The molecule has 0 unspecified atom stereocenters. The summed E-state index contributed by atoms with van der Waals surface area (Å²) in [7, 11) is 1.58. The topological polar surface area (TPSA) is 59.6 Å². The van der Waals surface area contributed by atoms with Crippen LogP contribution < -0.4 is 20.1 Å². The molecule has 0 aliphatic carbocycles. The third-order valence-corrected chi connectivity index (χ3v) is 4.25. The Bertz CT molecular complexity index is 915. The zero-order valence-corrected chi connectivity index (χ0v) is 16.2. The summed E-state index contributed by atoms with van der Waals surface area (Å²) in [5.74, 6) is 1.28. The Morgan fingerprint density at radius 2 is 1.61 bits per heavy atom. The second-order valence-corrected chi connectivity index (χ2v) is 6.42. The maximum atomic E-state index is 12.0. The fraction of sp³-hybridized carbons (Fsp3) is 0.136. The van der Waals surface area contributed by atoms with Gasteiger partial charge in [0.2, 0.25) is 5.91 Å². The third kappa shape index (κ3) is 5.66. The van der Waals surface area contributed by atoms with Gasteiger partial charge in [-0.3, -0.25) is 4.79 Å². The van der Waals surface area contributed by atoms with Gasteiger partial charge in [-0.1, -0.05) is 29.8 Å². The van der Waals surface area contributed by atoms with E-state index in [1.165, 1.54) is 0 Å². The summed E-state index contributed by atoms with van der Waals surface area (Å²) in [4.78, 5) is 12.0. The molecule has 3 aromatic carbocycles. The molecule has 0 saturated carbocycles. The number of hydrogen-bond donors (Lipinski definition) is 2. The van der Waals surface area contributed by atoms with Crippen molar-refractivity contribution in [3.8, 4) is 11.5 Å². The average molecular weight is 397 g/mol. The molecular weight excluding hydrogens is 376 g/mol. The van der Waals surface area contributed by atoms with Gasteiger partial charge in [0.15, 0.2) is 0 Å². The van der Waals surface area contributed by atoms with Gasteiger partial charge in [0.1, 0.15) is 11.5 Å². The number of nitrogens with one attached hydrogen (secondary N) is 2. The van der Waals surface area contributed by atoms with Crippen molar-refractivity contribution in [1.29, 1.82) is 0 Å². The van der Waals surface area contributed by atoms with Crippen molar-refractivity contribution in [2.45, 2.75) is 6.42 Å². The van der Waals surface area contributed by atoms with Gasteiger partial charge >= 0.3 is 0 Å². The molecule has 0 radical (unpaired) electrons. The Balaban J connectivity index is 1.48. The van der Waals surface area contributed by atoms with Gasteiger partial charge in [0, 0.05) is 17.1 Å². The summed E-state index contributed by atoms with van der Waals surface area (Å²) >= 11 is 6.14. The van der Waals surface area contributed by atoms with Gasteiger partial charge in [-0.15, -0.1) is 0 Å². The van der Waals surface area contributed by atoms with Gasteiger partial charge in [-0.05, 0) is 54.6 Å². The normalized spacial score (nSPS) is 10.2. The smallest absolute Gasteiger partial charge is 0.227 e. The summed E-state index contributed by atoms with van der Waals surface area (Å²) in [5.41, 5.74) is 2.45. The molecule has 0 saturated heterocycles. The van der Waals surface area contributed by atoms with Crippen LogP contribution in [0.4, 0.5) is 17.1 Å². The molecule has 144 valence electrons. The molecule has 1 amide bonds. The lowest BCUT2D eigenvalue weighted by Crippen LogP contribution is -2.15. The second-order valence-electron chi connectivity index (χ2n) is 6.01. The molecule has 5 nitrogen and oxygen atoms in total. The summed E-state index contributed by atoms with van der Waals surface area (Å²) in [6.45, 7) is 0.327. The first-order valence-corrected chi connectivity index (χ1v) is 9.20. The lowest BCUT2D eigenvalue weighted by Gasteiger charge is -2.10. The predicted octanol–water partition coefficient (Wildman–Crippen LogP) is 5.50. The van der Waals surface area contributed by atoms with Crippen molar-refractivity contribution in [3.05, 3.63) is 77.8 Å². The van der Waals surface area contributed by atoms with E-state index in [9.17, 15) is 4.79 Å². The van der Waals surface area contributed by atoms with E-state index in [0.717, 1.165) is 22.8 Å². The molecule has 2 N–H and O–H groups in total. The largest absolute Gasteiger partial charge is 0.495 e. The van der Waals surface area contributed by atoms with Crippen molar-refractivity contribution >= 4 is 34.6 Å². The van der Waals surface area contributed by atoms with Crippen LogP contribution in [0.5, 0.6) is 11.5 Å². The van der Waals surface area contributed by atoms with Crippen molar-refractivity contribution in [2.24, 2.45) is 0 Å². The van der Waals surface area contributed by atoms with Crippen LogP contribution in [-0.4, -0.2) is 19.6 Å². The second kappa shape index (κ2) is 9.67. The van der Waals surface area contributed by atoms with Crippen LogP contribution >= 0.6 is 11.6 Å². The number of benzene rings is 3. The number of hydrogen-bond acceptors (Lipinski definition) is 4. The summed E-state index contributed by atoms with van der Waals surface area (Å²) in [6, 6.07) is 22.3. The minimum Gasteiger partial charge on any atom is -0.495 e. The van der Waals surface area contributed by atoms with E-state index >= 15 is 0 Å².